The standard InChI is InChI=1S/C12H25N3O2/c16-12(11-14-6-8-17-9-7-14)10-13-15-4-2-1-3-5-15/h12-13,16H,1-11H2. The van der Waals surface area contributed by atoms with Gasteiger partial charge in [0.25, 0.3) is 0 Å². The molecule has 0 bridgehead atoms. The lowest BCUT2D eigenvalue weighted by molar-refractivity contribution is 0.00931. The Morgan fingerprint density at radius 2 is 1.76 bits per heavy atom. The van der Waals surface area contributed by atoms with Gasteiger partial charge in [0, 0.05) is 39.3 Å². The lowest BCUT2D eigenvalue weighted by Gasteiger charge is -2.31. The first-order valence-electron chi connectivity index (χ1n) is 6.81. The Hall–Kier alpha value is -0.200. The lowest BCUT2D eigenvalue weighted by atomic mass is 10.2. The van der Waals surface area contributed by atoms with Crippen molar-refractivity contribution in [1.29, 1.82) is 0 Å². The summed E-state index contributed by atoms with van der Waals surface area (Å²) in [5, 5.41) is 12.2. The van der Waals surface area contributed by atoms with Crippen molar-refractivity contribution < 1.29 is 9.84 Å². The molecule has 0 aromatic heterocycles. The molecule has 2 fully saturated rings. The molecule has 2 N–H and O–H groups in total. The number of hydrazine groups is 1. The van der Waals surface area contributed by atoms with Crippen LogP contribution in [0.1, 0.15) is 19.3 Å². The highest BCUT2D eigenvalue weighted by Crippen LogP contribution is 2.06. The van der Waals surface area contributed by atoms with Crippen LogP contribution in [-0.2, 0) is 4.74 Å². The molecule has 1 atom stereocenters. The van der Waals surface area contributed by atoms with E-state index >= 15 is 0 Å². The van der Waals surface area contributed by atoms with E-state index in [1.165, 1.54) is 19.3 Å². The van der Waals surface area contributed by atoms with Crippen LogP contribution in [0.4, 0.5) is 0 Å². The van der Waals surface area contributed by atoms with Crippen molar-refractivity contribution in [3.05, 3.63) is 0 Å². The SMILES string of the molecule is OC(CNN1CCCCC1)CN1CCOCC1. The van der Waals surface area contributed by atoms with E-state index in [4.69, 9.17) is 4.74 Å². The highest BCUT2D eigenvalue weighted by Gasteiger charge is 2.16. The summed E-state index contributed by atoms with van der Waals surface area (Å²) in [7, 11) is 0. The first-order chi connectivity index (χ1) is 8.34. The molecule has 0 amide bonds. The number of rotatable bonds is 5. The minimum absolute atomic E-state index is 0.282. The van der Waals surface area contributed by atoms with Crippen LogP contribution >= 0.6 is 0 Å². The quantitative estimate of drug-likeness (QED) is 0.692. The molecule has 0 aromatic carbocycles. The second kappa shape index (κ2) is 7.28. The Balaban J connectivity index is 1.57. The number of hydrogen-bond donors (Lipinski definition) is 2. The number of nitrogens with one attached hydrogen (secondary N) is 1. The third-order valence-electron chi connectivity index (χ3n) is 3.48. The van der Waals surface area contributed by atoms with Crippen LogP contribution in [0, 0.1) is 0 Å². The number of nitrogens with zero attached hydrogens (tertiary/aromatic N) is 2. The normalized spacial score (nSPS) is 25.9. The fraction of sp³-hybridized carbons (Fsp3) is 1.00. The zero-order valence-corrected chi connectivity index (χ0v) is 10.6. The van der Waals surface area contributed by atoms with Gasteiger partial charge in [-0.3, -0.25) is 10.3 Å². The van der Waals surface area contributed by atoms with Gasteiger partial charge in [-0.2, -0.15) is 0 Å². The van der Waals surface area contributed by atoms with Crippen LogP contribution in [-0.4, -0.2) is 73.6 Å². The number of morpholine rings is 1. The Labute approximate surface area is 104 Å². The first-order valence-corrected chi connectivity index (χ1v) is 6.81. The Morgan fingerprint density at radius 3 is 2.47 bits per heavy atom. The van der Waals surface area contributed by atoms with Gasteiger partial charge < -0.3 is 9.84 Å². The smallest absolute Gasteiger partial charge is 0.0805 e. The van der Waals surface area contributed by atoms with Crippen molar-refractivity contribution in [2.45, 2.75) is 25.4 Å². The Bertz CT molecular complexity index is 204. The van der Waals surface area contributed by atoms with Crippen molar-refractivity contribution in [3.8, 4) is 0 Å². The molecule has 2 saturated heterocycles. The van der Waals surface area contributed by atoms with Gasteiger partial charge in [-0.15, -0.1) is 0 Å². The van der Waals surface area contributed by atoms with Crippen LogP contribution in [0.2, 0.25) is 0 Å². The maximum absolute atomic E-state index is 9.96. The molecular formula is C12H25N3O2. The molecule has 2 heterocycles. The van der Waals surface area contributed by atoms with Crippen LogP contribution in [0.3, 0.4) is 0 Å². The minimum Gasteiger partial charge on any atom is -0.390 e. The average molecular weight is 243 g/mol. The van der Waals surface area contributed by atoms with Gasteiger partial charge >= 0.3 is 0 Å². The number of hydrogen-bond acceptors (Lipinski definition) is 5. The molecule has 0 aromatic rings. The van der Waals surface area contributed by atoms with Gasteiger partial charge in [-0.25, -0.2) is 5.01 Å². The van der Waals surface area contributed by atoms with Gasteiger partial charge in [0.15, 0.2) is 0 Å². The summed E-state index contributed by atoms with van der Waals surface area (Å²) < 4.78 is 5.29. The first kappa shape index (κ1) is 13.2. The van der Waals surface area contributed by atoms with Crippen molar-refractivity contribution in [1.82, 2.24) is 15.3 Å². The summed E-state index contributed by atoms with van der Waals surface area (Å²) in [6, 6.07) is 0. The molecule has 1 unspecified atom stereocenters. The summed E-state index contributed by atoms with van der Waals surface area (Å²) in [6.07, 6.45) is 3.60. The Kier molecular flexibility index (Phi) is 5.67. The zero-order chi connectivity index (χ0) is 11.9. The second-order valence-corrected chi connectivity index (χ2v) is 4.98. The fourth-order valence-corrected chi connectivity index (χ4v) is 2.43. The van der Waals surface area contributed by atoms with Gasteiger partial charge in [-0.05, 0) is 12.8 Å². The minimum atomic E-state index is -0.282. The van der Waals surface area contributed by atoms with Crippen molar-refractivity contribution in [2.24, 2.45) is 0 Å². The van der Waals surface area contributed by atoms with Gasteiger partial charge in [0.1, 0.15) is 0 Å². The number of piperidine rings is 1. The van der Waals surface area contributed by atoms with Crippen molar-refractivity contribution in [2.75, 3.05) is 52.5 Å². The van der Waals surface area contributed by atoms with E-state index in [9.17, 15) is 5.11 Å². The van der Waals surface area contributed by atoms with E-state index in [-0.39, 0.29) is 6.10 Å². The van der Waals surface area contributed by atoms with E-state index in [1.807, 2.05) is 0 Å². The van der Waals surface area contributed by atoms with Gasteiger partial charge in [0.2, 0.25) is 0 Å². The molecule has 0 saturated carbocycles. The second-order valence-electron chi connectivity index (χ2n) is 4.98. The molecule has 5 nitrogen and oxygen atoms in total. The maximum Gasteiger partial charge on any atom is 0.0805 e. The topological polar surface area (TPSA) is 48.0 Å². The molecule has 2 aliphatic rings. The third kappa shape index (κ3) is 4.89. The zero-order valence-electron chi connectivity index (χ0n) is 10.6. The molecule has 100 valence electrons. The van der Waals surface area contributed by atoms with E-state index < -0.39 is 0 Å². The summed E-state index contributed by atoms with van der Waals surface area (Å²) in [5.74, 6) is 0. The molecule has 2 aliphatic heterocycles. The molecule has 0 spiro atoms. The third-order valence-corrected chi connectivity index (χ3v) is 3.48. The average Bonchev–Trinajstić information content (AvgIpc) is 2.39. The van der Waals surface area contributed by atoms with Gasteiger partial charge in [0.05, 0.1) is 19.3 Å². The van der Waals surface area contributed by atoms with Crippen LogP contribution in [0.5, 0.6) is 0 Å². The van der Waals surface area contributed by atoms with E-state index in [0.717, 1.165) is 45.9 Å². The molecule has 2 rings (SSSR count). The number of β-amino-alcohol motifs (C(OH)–C–C–N with tert-alkyl or cyclic N) is 1. The summed E-state index contributed by atoms with van der Waals surface area (Å²) in [6.45, 7) is 7.14. The number of ether oxygens (including phenoxy) is 1. The predicted octanol–water partition coefficient (Wildman–Crippen LogP) is -0.330. The fourth-order valence-electron chi connectivity index (χ4n) is 2.43. The molecule has 17 heavy (non-hydrogen) atoms. The highest BCUT2D eigenvalue weighted by molar-refractivity contribution is 4.69. The van der Waals surface area contributed by atoms with E-state index in [0.29, 0.717) is 6.54 Å². The van der Waals surface area contributed by atoms with Crippen molar-refractivity contribution >= 4 is 0 Å². The number of aliphatic hydroxyl groups is 1. The van der Waals surface area contributed by atoms with E-state index in [2.05, 4.69) is 15.3 Å². The highest BCUT2D eigenvalue weighted by atomic mass is 16.5. The van der Waals surface area contributed by atoms with Gasteiger partial charge in [-0.1, -0.05) is 6.42 Å². The van der Waals surface area contributed by atoms with E-state index in [1.54, 1.807) is 0 Å². The van der Waals surface area contributed by atoms with Crippen LogP contribution < -0.4 is 5.43 Å². The van der Waals surface area contributed by atoms with Crippen molar-refractivity contribution in [3.63, 3.8) is 0 Å². The summed E-state index contributed by atoms with van der Waals surface area (Å²) in [5.41, 5.74) is 3.34. The molecular weight excluding hydrogens is 218 g/mol. The largest absolute Gasteiger partial charge is 0.390 e. The van der Waals surface area contributed by atoms with Crippen LogP contribution in [0.15, 0.2) is 0 Å². The summed E-state index contributed by atoms with van der Waals surface area (Å²) >= 11 is 0. The Morgan fingerprint density at radius 1 is 1.06 bits per heavy atom. The lowest BCUT2D eigenvalue weighted by Crippen LogP contribution is -2.48. The summed E-state index contributed by atoms with van der Waals surface area (Å²) in [4.78, 5) is 2.27. The predicted molar refractivity (Wildman–Crippen MR) is 66.7 cm³/mol. The molecule has 0 aliphatic carbocycles. The number of aliphatic hydroxyl groups excluding tert-OH is 1. The molecule has 5 heteroatoms. The molecule has 0 radical (unpaired) electrons. The monoisotopic (exact) mass is 243 g/mol. The maximum atomic E-state index is 9.96. The van der Waals surface area contributed by atoms with Crippen LogP contribution in [0.25, 0.3) is 0 Å².